The molecule has 1 aromatic rings. The van der Waals surface area contributed by atoms with E-state index >= 15 is 0 Å². The second kappa shape index (κ2) is 5.43. The molecule has 2 N–H and O–H groups in total. The monoisotopic (exact) mass is 237 g/mol. The number of anilines is 1. The number of aryl methyl sites for hydroxylation is 2. The Balaban J connectivity index is 1.95. The van der Waals surface area contributed by atoms with Crippen molar-refractivity contribution in [1.29, 1.82) is 0 Å². The summed E-state index contributed by atoms with van der Waals surface area (Å²) >= 11 is 0. The summed E-state index contributed by atoms with van der Waals surface area (Å²) in [6.45, 7) is 2.84. The van der Waals surface area contributed by atoms with E-state index in [1.54, 1.807) is 4.68 Å². The van der Waals surface area contributed by atoms with Crippen molar-refractivity contribution in [3.05, 3.63) is 5.69 Å². The topological polar surface area (TPSA) is 53.1 Å². The summed E-state index contributed by atoms with van der Waals surface area (Å²) in [5.41, 5.74) is 7.67. The van der Waals surface area contributed by atoms with E-state index in [1.807, 2.05) is 7.05 Å². The SMILES string of the molecule is CCc1nn(C)c(OCC2CCCCC2)c1N. The fourth-order valence-electron chi connectivity index (χ4n) is 2.56. The third kappa shape index (κ3) is 2.73. The van der Waals surface area contributed by atoms with Gasteiger partial charge < -0.3 is 10.5 Å². The molecule has 0 aliphatic heterocycles. The van der Waals surface area contributed by atoms with Crippen molar-refractivity contribution in [2.45, 2.75) is 45.4 Å². The van der Waals surface area contributed by atoms with Crippen LogP contribution in [0.4, 0.5) is 5.69 Å². The summed E-state index contributed by atoms with van der Waals surface area (Å²) < 4.78 is 7.63. The van der Waals surface area contributed by atoms with Crippen LogP contribution in [0.15, 0.2) is 0 Å². The molecule has 4 nitrogen and oxygen atoms in total. The number of aromatic nitrogens is 2. The van der Waals surface area contributed by atoms with Crippen molar-refractivity contribution in [3.63, 3.8) is 0 Å². The largest absolute Gasteiger partial charge is 0.476 e. The van der Waals surface area contributed by atoms with Gasteiger partial charge in [0.25, 0.3) is 0 Å². The maximum Gasteiger partial charge on any atom is 0.235 e. The second-order valence-electron chi connectivity index (χ2n) is 4.96. The maximum absolute atomic E-state index is 6.02. The van der Waals surface area contributed by atoms with Gasteiger partial charge in [0, 0.05) is 7.05 Å². The standard InChI is InChI=1S/C13H23N3O/c1-3-11-12(14)13(16(2)15-11)17-9-10-7-5-4-6-8-10/h10H,3-9,14H2,1-2H3. The minimum Gasteiger partial charge on any atom is -0.476 e. The average Bonchev–Trinajstić information content (AvgIpc) is 2.63. The zero-order valence-corrected chi connectivity index (χ0v) is 10.9. The lowest BCUT2D eigenvalue weighted by Crippen LogP contribution is -2.16. The van der Waals surface area contributed by atoms with Crippen molar-refractivity contribution in [3.8, 4) is 5.88 Å². The molecule has 0 aromatic carbocycles. The smallest absolute Gasteiger partial charge is 0.235 e. The van der Waals surface area contributed by atoms with E-state index in [0.717, 1.165) is 24.6 Å². The van der Waals surface area contributed by atoms with Gasteiger partial charge in [-0.1, -0.05) is 26.2 Å². The van der Waals surface area contributed by atoms with Gasteiger partial charge in [-0.2, -0.15) is 5.10 Å². The van der Waals surface area contributed by atoms with Crippen LogP contribution in [0, 0.1) is 5.92 Å². The third-order valence-corrected chi connectivity index (χ3v) is 3.62. The predicted octanol–water partition coefficient (Wildman–Crippen LogP) is 2.52. The summed E-state index contributed by atoms with van der Waals surface area (Å²) in [6, 6.07) is 0. The van der Waals surface area contributed by atoms with Gasteiger partial charge in [-0.05, 0) is 25.2 Å². The van der Waals surface area contributed by atoms with E-state index in [4.69, 9.17) is 10.5 Å². The van der Waals surface area contributed by atoms with Gasteiger partial charge in [0.05, 0.1) is 12.3 Å². The Bertz CT molecular complexity index is 367. The maximum atomic E-state index is 6.02. The van der Waals surface area contributed by atoms with Gasteiger partial charge in [0.15, 0.2) is 0 Å². The number of nitrogens with zero attached hydrogens (tertiary/aromatic N) is 2. The Morgan fingerprint density at radius 1 is 1.35 bits per heavy atom. The number of nitrogen functional groups attached to an aromatic ring is 1. The molecule has 1 aromatic heterocycles. The fourth-order valence-corrected chi connectivity index (χ4v) is 2.56. The molecule has 0 amide bonds. The van der Waals surface area contributed by atoms with Crippen LogP contribution in [0.2, 0.25) is 0 Å². The van der Waals surface area contributed by atoms with Gasteiger partial charge in [0.2, 0.25) is 5.88 Å². The molecular formula is C13H23N3O. The highest BCUT2D eigenvalue weighted by atomic mass is 16.5. The first-order valence-corrected chi connectivity index (χ1v) is 6.66. The fraction of sp³-hybridized carbons (Fsp3) is 0.769. The molecule has 1 fully saturated rings. The van der Waals surface area contributed by atoms with Crippen LogP contribution >= 0.6 is 0 Å². The first-order chi connectivity index (χ1) is 8.22. The van der Waals surface area contributed by atoms with Crippen LogP contribution in [0.1, 0.15) is 44.7 Å². The van der Waals surface area contributed by atoms with Crippen LogP contribution in [-0.2, 0) is 13.5 Å². The van der Waals surface area contributed by atoms with E-state index < -0.39 is 0 Å². The van der Waals surface area contributed by atoms with Gasteiger partial charge >= 0.3 is 0 Å². The molecule has 1 heterocycles. The van der Waals surface area contributed by atoms with E-state index in [0.29, 0.717) is 11.6 Å². The van der Waals surface area contributed by atoms with E-state index in [2.05, 4.69) is 12.0 Å². The van der Waals surface area contributed by atoms with Gasteiger partial charge in [0.1, 0.15) is 5.69 Å². The molecule has 2 rings (SSSR count). The minimum atomic E-state index is 0.697. The normalized spacial score (nSPS) is 17.3. The molecule has 1 aliphatic rings. The highest BCUT2D eigenvalue weighted by Gasteiger charge is 2.17. The van der Waals surface area contributed by atoms with Crippen LogP contribution < -0.4 is 10.5 Å². The summed E-state index contributed by atoms with van der Waals surface area (Å²) in [6.07, 6.45) is 7.50. The van der Waals surface area contributed by atoms with Crippen molar-refractivity contribution >= 4 is 5.69 Å². The minimum absolute atomic E-state index is 0.697. The molecule has 17 heavy (non-hydrogen) atoms. The molecule has 1 aliphatic carbocycles. The second-order valence-corrected chi connectivity index (χ2v) is 4.96. The first kappa shape index (κ1) is 12.3. The Hall–Kier alpha value is -1.19. The number of ether oxygens (including phenoxy) is 1. The van der Waals surface area contributed by atoms with Crippen LogP contribution in [0.25, 0.3) is 0 Å². The molecule has 96 valence electrons. The van der Waals surface area contributed by atoms with Crippen molar-refractivity contribution in [2.75, 3.05) is 12.3 Å². The number of hydrogen-bond donors (Lipinski definition) is 1. The molecular weight excluding hydrogens is 214 g/mol. The molecule has 0 spiro atoms. The summed E-state index contributed by atoms with van der Waals surface area (Å²) in [4.78, 5) is 0. The highest BCUT2D eigenvalue weighted by molar-refractivity contribution is 5.53. The zero-order valence-electron chi connectivity index (χ0n) is 10.9. The van der Waals surface area contributed by atoms with E-state index in [-0.39, 0.29) is 0 Å². The molecule has 0 radical (unpaired) electrons. The molecule has 1 saturated carbocycles. The van der Waals surface area contributed by atoms with Crippen molar-refractivity contribution in [1.82, 2.24) is 9.78 Å². The lowest BCUT2D eigenvalue weighted by Gasteiger charge is -2.21. The summed E-state index contributed by atoms with van der Waals surface area (Å²) in [5.74, 6) is 1.44. The molecule has 0 bridgehead atoms. The van der Waals surface area contributed by atoms with Crippen LogP contribution in [0.5, 0.6) is 5.88 Å². The van der Waals surface area contributed by atoms with Gasteiger partial charge in [-0.15, -0.1) is 0 Å². The molecule has 4 heteroatoms. The Labute approximate surface area is 103 Å². The zero-order chi connectivity index (χ0) is 12.3. The lowest BCUT2D eigenvalue weighted by molar-refractivity contribution is 0.197. The third-order valence-electron chi connectivity index (χ3n) is 3.62. The molecule has 0 saturated heterocycles. The van der Waals surface area contributed by atoms with Crippen LogP contribution in [0.3, 0.4) is 0 Å². The highest BCUT2D eigenvalue weighted by Crippen LogP contribution is 2.28. The lowest BCUT2D eigenvalue weighted by atomic mass is 9.90. The number of nitrogens with two attached hydrogens (primary N) is 1. The van der Waals surface area contributed by atoms with Gasteiger partial charge in [-0.25, -0.2) is 4.68 Å². The predicted molar refractivity (Wildman–Crippen MR) is 69.1 cm³/mol. The quantitative estimate of drug-likeness (QED) is 0.875. The van der Waals surface area contributed by atoms with Crippen molar-refractivity contribution in [2.24, 2.45) is 13.0 Å². The molecule has 0 unspecified atom stereocenters. The Kier molecular flexibility index (Phi) is 3.92. The summed E-state index contributed by atoms with van der Waals surface area (Å²) in [7, 11) is 1.89. The number of hydrogen-bond acceptors (Lipinski definition) is 3. The van der Waals surface area contributed by atoms with Crippen LogP contribution in [-0.4, -0.2) is 16.4 Å². The van der Waals surface area contributed by atoms with Gasteiger partial charge in [-0.3, -0.25) is 0 Å². The Morgan fingerprint density at radius 2 is 2.06 bits per heavy atom. The van der Waals surface area contributed by atoms with Crippen molar-refractivity contribution < 1.29 is 4.74 Å². The van der Waals surface area contributed by atoms with E-state index in [1.165, 1.54) is 32.1 Å². The average molecular weight is 237 g/mol. The number of rotatable bonds is 4. The van der Waals surface area contributed by atoms with E-state index in [9.17, 15) is 0 Å². The summed E-state index contributed by atoms with van der Waals surface area (Å²) in [5, 5.41) is 4.36. The Morgan fingerprint density at radius 3 is 2.65 bits per heavy atom. The molecule has 0 atom stereocenters. The first-order valence-electron chi connectivity index (χ1n) is 6.66.